The fourth-order valence-corrected chi connectivity index (χ4v) is 8.68. The van der Waals surface area contributed by atoms with Gasteiger partial charge in [-0.25, -0.2) is 0 Å². The maximum absolute atomic E-state index is 9.87. The van der Waals surface area contributed by atoms with Crippen LogP contribution in [-0.2, 0) is 5.41 Å². The Morgan fingerprint density at radius 1 is 0.434 bits per heavy atom. The van der Waals surface area contributed by atoms with Gasteiger partial charge in [-0.15, -0.1) is 0 Å². The second-order valence-electron chi connectivity index (χ2n) is 14.3. The van der Waals surface area contributed by atoms with Gasteiger partial charge in [-0.1, -0.05) is 135 Å². The zero-order valence-electron chi connectivity index (χ0n) is 37.1. The lowest BCUT2D eigenvalue weighted by molar-refractivity contribution is 0.660. The van der Waals surface area contributed by atoms with Crippen molar-refractivity contribution in [2.24, 2.45) is 0 Å². The summed E-state index contributed by atoms with van der Waals surface area (Å²) in [5.74, 6) is 0. The Morgan fingerprint density at radius 3 is 1.92 bits per heavy atom. The first-order valence-corrected chi connectivity index (χ1v) is 17.9. The maximum Gasteiger partial charge on any atom is 0.0645 e. The van der Waals surface area contributed by atoms with Crippen LogP contribution >= 0.6 is 0 Å². The van der Waals surface area contributed by atoms with Crippen molar-refractivity contribution in [3.05, 3.63) is 193 Å². The zero-order chi connectivity index (χ0) is 42.2. The van der Waals surface area contributed by atoms with E-state index in [0.29, 0.717) is 27.6 Å². The molecule has 0 fully saturated rings. The molecule has 0 saturated carbocycles. The molecule has 11 rings (SSSR count). The van der Waals surface area contributed by atoms with Gasteiger partial charge in [0.2, 0.25) is 0 Å². The summed E-state index contributed by atoms with van der Waals surface area (Å²) < 4.78 is 76.2. The van der Waals surface area contributed by atoms with Crippen molar-refractivity contribution in [3.63, 3.8) is 0 Å². The molecule has 10 aromatic rings. The summed E-state index contributed by atoms with van der Waals surface area (Å²) in [7, 11) is 0. The van der Waals surface area contributed by atoms with E-state index in [1.165, 1.54) is 0 Å². The predicted molar refractivity (Wildman–Crippen MR) is 224 cm³/mol. The molecule has 1 aliphatic carbocycles. The van der Waals surface area contributed by atoms with Gasteiger partial charge in [-0.05, 0) is 105 Å². The minimum Gasteiger partial charge on any atom is -0.309 e. The van der Waals surface area contributed by atoms with Crippen LogP contribution in [0.1, 0.15) is 35.9 Å². The lowest BCUT2D eigenvalue weighted by Crippen LogP contribution is -2.15. The van der Waals surface area contributed by atoms with Crippen LogP contribution in [0.4, 0.5) is 0 Å². The van der Waals surface area contributed by atoms with Gasteiger partial charge >= 0.3 is 0 Å². The Labute approximate surface area is 320 Å². The van der Waals surface area contributed by atoms with Crippen molar-refractivity contribution in [2.75, 3.05) is 0 Å². The molecule has 2 aromatic heterocycles. The van der Waals surface area contributed by atoms with Gasteiger partial charge in [0.25, 0.3) is 0 Å². The average Bonchev–Trinajstić information content (AvgIpc) is 3.88. The molecule has 0 N–H and O–H groups in total. The summed E-state index contributed by atoms with van der Waals surface area (Å²) in [5, 5.41) is 3.43. The monoisotopic (exact) mass is 684 g/mol. The number of para-hydroxylation sites is 3. The highest BCUT2D eigenvalue weighted by atomic mass is 15.0. The van der Waals surface area contributed by atoms with E-state index in [9.17, 15) is 4.11 Å². The van der Waals surface area contributed by atoms with E-state index >= 15 is 0 Å². The highest BCUT2D eigenvalue weighted by Gasteiger charge is 2.37. The minimum absolute atomic E-state index is 0.00468. The Morgan fingerprint density at radius 2 is 1.13 bits per heavy atom. The molecule has 0 radical (unpaired) electrons. The third-order valence-electron chi connectivity index (χ3n) is 11.1. The molecule has 2 heteroatoms. The molecular weight excluding hydrogens is 641 g/mol. The molecule has 250 valence electrons. The van der Waals surface area contributed by atoms with Crippen molar-refractivity contribution >= 4 is 43.6 Å². The highest BCUT2D eigenvalue weighted by Crippen LogP contribution is 2.53. The molecule has 2 nitrogen and oxygen atoms in total. The van der Waals surface area contributed by atoms with Crippen molar-refractivity contribution in [3.8, 4) is 44.8 Å². The number of nitrogens with zero attached hydrogens (tertiary/aromatic N) is 2. The number of hydrogen-bond donors (Lipinski definition) is 0. The van der Waals surface area contributed by atoms with E-state index in [1.807, 2.05) is 95.6 Å². The molecule has 53 heavy (non-hydrogen) atoms. The second-order valence-corrected chi connectivity index (χ2v) is 14.3. The Hall–Kier alpha value is -6.64. The van der Waals surface area contributed by atoms with Gasteiger partial charge in [0, 0.05) is 38.3 Å². The van der Waals surface area contributed by atoms with Crippen LogP contribution in [0.25, 0.3) is 88.4 Å². The van der Waals surface area contributed by atoms with Gasteiger partial charge in [-0.3, -0.25) is 0 Å². The maximum atomic E-state index is 9.87. The second kappa shape index (κ2) is 11.2. The normalized spacial score (nSPS) is 15.4. The lowest BCUT2D eigenvalue weighted by Gasteiger charge is -2.22. The first-order chi connectivity index (χ1) is 29.4. The van der Waals surface area contributed by atoms with E-state index < -0.39 is 11.5 Å². The molecule has 0 unspecified atom stereocenters. The molecule has 0 aliphatic heterocycles. The first kappa shape index (κ1) is 23.0. The van der Waals surface area contributed by atoms with Gasteiger partial charge in [0.1, 0.15) is 0 Å². The molecule has 0 spiro atoms. The van der Waals surface area contributed by atoms with Gasteiger partial charge in [0.05, 0.1) is 33.0 Å². The quantitative estimate of drug-likeness (QED) is 0.175. The van der Waals surface area contributed by atoms with Crippen LogP contribution in [0.2, 0.25) is 0 Å². The van der Waals surface area contributed by atoms with Gasteiger partial charge in [-0.2, -0.15) is 0 Å². The molecule has 8 aromatic carbocycles. The van der Waals surface area contributed by atoms with Crippen LogP contribution in [0, 0.1) is 0 Å². The summed E-state index contributed by atoms with van der Waals surface area (Å²) in [6.07, 6.45) is 0. The highest BCUT2D eigenvalue weighted by molar-refractivity contribution is 6.13. The smallest absolute Gasteiger partial charge is 0.0645 e. The standard InChI is InChI=1S/C51H36N2/c1-51(2)44-27-26-37(32-43(44)50-38(20-13-21-45(50)51)33-14-5-3-6-15-33)53-47-23-12-10-19-40(47)42-31-35(25-29-49(42)53)34-24-28-48-41(30-34)39-18-9-11-22-46(39)52(48)36-16-7-4-8-17-36/h3-32H,1-2H3/i3D,5D,6D,14D,15D,25D,29D,31D. The van der Waals surface area contributed by atoms with Crippen molar-refractivity contribution in [1.82, 2.24) is 9.13 Å². The van der Waals surface area contributed by atoms with Crippen LogP contribution in [-0.4, -0.2) is 9.13 Å². The van der Waals surface area contributed by atoms with Crippen LogP contribution < -0.4 is 0 Å². The van der Waals surface area contributed by atoms with E-state index in [0.717, 1.165) is 66.3 Å². The van der Waals surface area contributed by atoms with Crippen molar-refractivity contribution in [2.45, 2.75) is 19.3 Å². The summed E-state index contributed by atoms with van der Waals surface area (Å²) in [4.78, 5) is 0. The van der Waals surface area contributed by atoms with Crippen LogP contribution in [0.5, 0.6) is 0 Å². The van der Waals surface area contributed by atoms with E-state index in [2.05, 4.69) is 60.9 Å². The molecule has 1 aliphatic rings. The third kappa shape index (κ3) is 4.33. The van der Waals surface area contributed by atoms with Crippen LogP contribution in [0.3, 0.4) is 0 Å². The number of fused-ring (bicyclic) bond motifs is 9. The predicted octanol–water partition coefficient (Wildman–Crippen LogP) is 13.5. The number of benzene rings is 8. The summed E-state index contributed by atoms with van der Waals surface area (Å²) in [6.45, 7) is 4.25. The zero-order valence-corrected chi connectivity index (χ0v) is 29.1. The summed E-state index contributed by atoms with van der Waals surface area (Å²) in [5.41, 5.74) is 10.0. The molecule has 0 bridgehead atoms. The molecule has 0 saturated heterocycles. The van der Waals surface area contributed by atoms with Crippen molar-refractivity contribution in [1.29, 1.82) is 0 Å². The lowest BCUT2D eigenvalue weighted by atomic mass is 9.82. The van der Waals surface area contributed by atoms with E-state index in [4.69, 9.17) is 6.85 Å². The Bertz CT molecular complexity index is 3520. The fourth-order valence-electron chi connectivity index (χ4n) is 8.68. The van der Waals surface area contributed by atoms with Crippen LogP contribution in [0.15, 0.2) is 182 Å². The van der Waals surface area contributed by atoms with E-state index in [-0.39, 0.29) is 47.9 Å². The molecule has 0 amide bonds. The molecular formula is C51H36N2. The average molecular weight is 685 g/mol. The Kier molecular flexibility index (Phi) is 4.86. The largest absolute Gasteiger partial charge is 0.309 e. The summed E-state index contributed by atoms with van der Waals surface area (Å²) >= 11 is 0. The first-order valence-electron chi connectivity index (χ1n) is 21.9. The SMILES string of the molecule is [2H]c1c([2H])c([2H])c(-c2cccc3c2-c2cc(-n4c5ccccc5c5c([2H])c(-c6ccc7c(c6)c6ccccc6n7-c6ccccc6)c([2H])c([2H])c54)ccc2C3(C)C)c([2H])c1[2H]. The molecule has 0 atom stereocenters. The molecule has 2 heterocycles. The number of rotatable bonds is 4. The number of hydrogen-bond acceptors (Lipinski definition) is 0. The topological polar surface area (TPSA) is 9.86 Å². The van der Waals surface area contributed by atoms with Gasteiger partial charge in [0.15, 0.2) is 0 Å². The summed E-state index contributed by atoms with van der Waals surface area (Å²) in [6, 6.07) is 42.6. The van der Waals surface area contributed by atoms with E-state index in [1.54, 1.807) is 0 Å². The minimum atomic E-state index is -0.472. The fraction of sp³-hybridized carbons (Fsp3) is 0.0588. The third-order valence-corrected chi connectivity index (χ3v) is 11.1. The number of aromatic nitrogens is 2. The van der Waals surface area contributed by atoms with Gasteiger partial charge < -0.3 is 9.13 Å². The van der Waals surface area contributed by atoms with Crippen molar-refractivity contribution < 1.29 is 11.0 Å². The Balaban J connectivity index is 1.15.